The second-order valence-electron chi connectivity index (χ2n) is 4.74. The van der Waals surface area contributed by atoms with Crippen molar-refractivity contribution < 1.29 is 17.2 Å². The molecule has 0 saturated heterocycles. The van der Waals surface area contributed by atoms with E-state index in [1.54, 1.807) is 30.3 Å². The summed E-state index contributed by atoms with van der Waals surface area (Å²) in [5.74, 6) is 0. The summed E-state index contributed by atoms with van der Waals surface area (Å²) in [7, 11) is -4.76. The molecule has 0 fully saturated rings. The minimum atomic E-state index is -4.76. The van der Waals surface area contributed by atoms with Crippen LogP contribution in [0.2, 0.25) is 0 Å². The van der Waals surface area contributed by atoms with Gasteiger partial charge in [0.05, 0.1) is 11.3 Å². The van der Waals surface area contributed by atoms with E-state index < -0.39 is 26.4 Å². The van der Waals surface area contributed by atoms with Crippen LogP contribution in [0.25, 0.3) is 5.57 Å². The molecule has 0 aliphatic carbocycles. The first-order chi connectivity index (χ1) is 10.2. The molecule has 0 bridgehead atoms. The first-order valence-electron chi connectivity index (χ1n) is 6.35. The molecular weight excluding hydrogens is 374 g/mol. The third kappa shape index (κ3) is 3.44. The monoisotopic (exact) mass is 386 g/mol. The lowest BCUT2D eigenvalue weighted by Gasteiger charge is -2.18. The fourth-order valence-corrected chi connectivity index (χ4v) is 3.55. The van der Waals surface area contributed by atoms with E-state index in [0.717, 1.165) is 12.1 Å². The number of hydrogen-bond donors (Lipinski definition) is 0. The Morgan fingerprint density at radius 1 is 1.09 bits per heavy atom. The molecule has 2 rings (SSSR count). The Hall–Kier alpha value is -1.53. The molecule has 0 aliphatic heterocycles. The van der Waals surface area contributed by atoms with Crippen LogP contribution >= 0.6 is 15.9 Å². The van der Waals surface area contributed by atoms with Crippen molar-refractivity contribution in [3.8, 4) is 0 Å². The molecule has 0 heterocycles. The van der Waals surface area contributed by atoms with E-state index in [1.165, 1.54) is 12.1 Å². The van der Waals surface area contributed by atoms with Gasteiger partial charge in [0.15, 0.2) is 0 Å². The summed E-state index contributed by atoms with van der Waals surface area (Å²) in [6.07, 6.45) is -0.958. The average Bonchev–Trinajstić information content (AvgIpc) is 2.47. The molecule has 0 N–H and O–H groups in total. The van der Waals surface area contributed by atoms with Crippen LogP contribution in [0.3, 0.4) is 0 Å². The molecule has 0 aliphatic rings. The second-order valence-corrected chi connectivity index (χ2v) is 7.74. The number of sulfone groups is 1. The fraction of sp³-hybridized carbons (Fsp3) is 0.125. The van der Waals surface area contributed by atoms with E-state index >= 15 is 0 Å². The molecule has 0 unspecified atom stereocenters. The molecule has 0 spiro atoms. The summed E-state index contributed by atoms with van der Waals surface area (Å²) in [6.45, 7) is 3.59. The van der Waals surface area contributed by atoms with Crippen LogP contribution in [0.4, 0.5) is 8.78 Å². The Balaban J connectivity index is 2.29. The standard InChI is InChI=1S/C16H13BrF2O2S/c1-12(13-6-5-7-14(17)10-13)11-16(18,19)22(20,21)15-8-3-2-4-9-15/h2-10H,1,11H2. The fourth-order valence-electron chi connectivity index (χ4n) is 1.93. The van der Waals surface area contributed by atoms with E-state index in [2.05, 4.69) is 22.5 Å². The second kappa shape index (κ2) is 6.30. The quantitative estimate of drug-likeness (QED) is 0.730. The predicted octanol–water partition coefficient (Wildman–Crippen LogP) is 4.92. The third-order valence-corrected chi connectivity index (χ3v) is 5.42. The van der Waals surface area contributed by atoms with Crippen LogP contribution in [-0.2, 0) is 9.84 Å². The van der Waals surface area contributed by atoms with Gasteiger partial charge in [-0.3, -0.25) is 0 Å². The minimum Gasteiger partial charge on any atom is -0.217 e. The molecule has 0 saturated carbocycles. The van der Waals surface area contributed by atoms with E-state index in [9.17, 15) is 17.2 Å². The SMILES string of the molecule is C=C(CC(F)(F)S(=O)(=O)c1ccccc1)c1cccc(Br)c1. The van der Waals surface area contributed by atoms with E-state index in [0.29, 0.717) is 10.0 Å². The van der Waals surface area contributed by atoms with Crippen LogP contribution in [0.5, 0.6) is 0 Å². The van der Waals surface area contributed by atoms with Gasteiger partial charge >= 0.3 is 5.25 Å². The van der Waals surface area contributed by atoms with Gasteiger partial charge in [-0.15, -0.1) is 0 Å². The Morgan fingerprint density at radius 3 is 2.32 bits per heavy atom. The number of rotatable bonds is 5. The predicted molar refractivity (Wildman–Crippen MR) is 86.4 cm³/mol. The van der Waals surface area contributed by atoms with Gasteiger partial charge in [-0.2, -0.15) is 8.78 Å². The molecule has 2 nitrogen and oxygen atoms in total. The van der Waals surface area contributed by atoms with Gasteiger partial charge in [0.1, 0.15) is 0 Å². The van der Waals surface area contributed by atoms with Crippen LogP contribution in [0.15, 0.2) is 70.5 Å². The highest BCUT2D eigenvalue weighted by molar-refractivity contribution is 9.10. The minimum absolute atomic E-state index is 0.0609. The smallest absolute Gasteiger partial charge is 0.217 e. The summed E-state index contributed by atoms with van der Waals surface area (Å²) < 4.78 is 53.4. The molecule has 6 heteroatoms. The maximum Gasteiger partial charge on any atom is 0.353 e. The number of hydrogen-bond acceptors (Lipinski definition) is 2. The van der Waals surface area contributed by atoms with Crippen molar-refractivity contribution in [2.75, 3.05) is 0 Å². The Bertz CT molecular complexity index is 787. The highest BCUT2D eigenvalue weighted by atomic mass is 79.9. The average molecular weight is 387 g/mol. The summed E-state index contributed by atoms with van der Waals surface area (Å²) in [6, 6.07) is 13.3. The summed E-state index contributed by atoms with van der Waals surface area (Å²) in [4.78, 5) is -0.401. The van der Waals surface area contributed by atoms with Gasteiger partial charge in [-0.1, -0.05) is 52.8 Å². The zero-order valence-electron chi connectivity index (χ0n) is 11.5. The van der Waals surface area contributed by atoms with Crippen LogP contribution in [0.1, 0.15) is 12.0 Å². The largest absolute Gasteiger partial charge is 0.353 e. The normalized spacial score (nSPS) is 12.1. The van der Waals surface area contributed by atoms with Crippen LogP contribution in [0, 0.1) is 0 Å². The van der Waals surface area contributed by atoms with Crippen molar-refractivity contribution in [3.05, 3.63) is 71.2 Å². The van der Waals surface area contributed by atoms with Crippen LogP contribution < -0.4 is 0 Å². The molecule has 0 atom stereocenters. The number of benzene rings is 2. The van der Waals surface area contributed by atoms with Gasteiger partial charge < -0.3 is 0 Å². The van der Waals surface area contributed by atoms with E-state index in [4.69, 9.17) is 0 Å². The van der Waals surface area contributed by atoms with Crippen LogP contribution in [-0.4, -0.2) is 13.7 Å². The zero-order chi connectivity index (χ0) is 16.4. The summed E-state index contributed by atoms with van der Waals surface area (Å²) >= 11 is 3.24. The summed E-state index contributed by atoms with van der Waals surface area (Å²) in [5.41, 5.74) is 0.531. The van der Waals surface area contributed by atoms with Crippen molar-refractivity contribution >= 4 is 31.3 Å². The highest BCUT2D eigenvalue weighted by Gasteiger charge is 2.46. The lowest BCUT2D eigenvalue weighted by atomic mass is 10.1. The molecule has 0 aromatic heterocycles. The molecule has 2 aromatic carbocycles. The molecule has 0 amide bonds. The Labute approximate surface area is 136 Å². The first kappa shape index (κ1) is 16.8. The van der Waals surface area contributed by atoms with Crippen molar-refractivity contribution in [2.45, 2.75) is 16.6 Å². The highest BCUT2D eigenvalue weighted by Crippen LogP contribution is 2.37. The number of allylic oxidation sites excluding steroid dienone is 1. The van der Waals surface area contributed by atoms with Crippen molar-refractivity contribution in [3.63, 3.8) is 0 Å². The molecule has 116 valence electrons. The topological polar surface area (TPSA) is 34.1 Å². The van der Waals surface area contributed by atoms with E-state index in [-0.39, 0.29) is 5.57 Å². The summed E-state index contributed by atoms with van der Waals surface area (Å²) in [5, 5.41) is -3.92. The van der Waals surface area contributed by atoms with Crippen molar-refractivity contribution in [2.24, 2.45) is 0 Å². The van der Waals surface area contributed by atoms with Gasteiger partial charge in [0.2, 0.25) is 9.84 Å². The Kier molecular flexibility index (Phi) is 4.82. The Morgan fingerprint density at radius 2 is 1.73 bits per heavy atom. The lowest BCUT2D eigenvalue weighted by Crippen LogP contribution is -2.29. The van der Waals surface area contributed by atoms with E-state index in [1.807, 2.05) is 0 Å². The molecule has 22 heavy (non-hydrogen) atoms. The number of halogens is 3. The molecule has 0 radical (unpaired) electrons. The van der Waals surface area contributed by atoms with Gasteiger partial charge in [-0.25, -0.2) is 8.42 Å². The maximum atomic E-state index is 14.3. The van der Waals surface area contributed by atoms with Gasteiger partial charge in [0, 0.05) is 4.47 Å². The zero-order valence-corrected chi connectivity index (χ0v) is 13.9. The molecular formula is C16H13BrF2O2S. The van der Waals surface area contributed by atoms with Gasteiger partial charge in [-0.05, 0) is 35.4 Å². The van der Waals surface area contributed by atoms with Crippen molar-refractivity contribution in [1.82, 2.24) is 0 Å². The third-order valence-electron chi connectivity index (χ3n) is 3.10. The maximum absolute atomic E-state index is 14.3. The van der Waals surface area contributed by atoms with Gasteiger partial charge in [0.25, 0.3) is 0 Å². The first-order valence-corrected chi connectivity index (χ1v) is 8.63. The molecule has 2 aromatic rings. The van der Waals surface area contributed by atoms with Crippen molar-refractivity contribution in [1.29, 1.82) is 0 Å². The number of alkyl halides is 2. The lowest BCUT2D eigenvalue weighted by molar-refractivity contribution is 0.0982.